The molecular formula is C16H23N5O2. The standard InChI is InChI=1S/C16H23N5O2/c1-5-22-14-8-6-13(7-9-14)11-21(4)16(17-3)18-10-15-19-12(2)20-23-15/h6-9H,5,10-11H2,1-4H3,(H,17,18). The van der Waals surface area contributed by atoms with Gasteiger partial charge in [0.05, 0.1) is 13.2 Å². The fourth-order valence-electron chi connectivity index (χ4n) is 2.16. The summed E-state index contributed by atoms with van der Waals surface area (Å²) in [4.78, 5) is 10.5. The molecule has 0 aliphatic heterocycles. The van der Waals surface area contributed by atoms with E-state index in [1.54, 1.807) is 14.0 Å². The lowest BCUT2D eigenvalue weighted by molar-refractivity contribution is 0.340. The minimum Gasteiger partial charge on any atom is -0.494 e. The van der Waals surface area contributed by atoms with Gasteiger partial charge in [-0.25, -0.2) is 0 Å². The number of benzene rings is 1. The largest absolute Gasteiger partial charge is 0.494 e. The molecule has 0 fully saturated rings. The van der Waals surface area contributed by atoms with Crippen LogP contribution in [0.15, 0.2) is 33.8 Å². The fraction of sp³-hybridized carbons (Fsp3) is 0.438. The Hall–Kier alpha value is -2.57. The number of hydrogen-bond acceptors (Lipinski definition) is 5. The van der Waals surface area contributed by atoms with E-state index >= 15 is 0 Å². The zero-order valence-electron chi connectivity index (χ0n) is 14.0. The van der Waals surface area contributed by atoms with Crippen molar-refractivity contribution in [3.63, 3.8) is 0 Å². The van der Waals surface area contributed by atoms with Crippen LogP contribution in [-0.2, 0) is 13.1 Å². The average Bonchev–Trinajstić information content (AvgIpc) is 2.95. The molecule has 1 aromatic carbocycles. The lowest BCUT2D eigenvalue weighted by Gasteiger charge is -2.21. The van der Waals surface area contributed by atoms with Crippen LogP contribution in [0.1, 0.15) is 24.2 Å². The minimum atomic E-state index is 0.446. The maximum atomic E-state index is 5.45. The minimum absolute atomic E-state index is 0.446. The molecule has 0 aliphatic carbocycles. The lowest BCUT2D eigenvalue weighted by atomic mass is 10.2. The predicted octanol–water partition coefficient (Wildman–Crippen LogP) is 1.98. The van der Waals surface area contributed by atoms with Crippen molar-refractivity contribution in [2.24, 2.45) is 4.99 Å². The van der Waals surface area contributed by atoms with Gasteiger partial charge in [-0.15, -0.1) is 0 Å². The van der Waals surface area contributed by atoms with Crippen molar-refractivity contribution in [3.05, 3.63) is 41.5 Å². The van der Waals surface area contributed by atoms with Gasteiger partial charge in [0.1, 0.15) is 5.75 Å². The summed E-state index contributed by atoms with van der Waals surface area (Å²) in [5.74, 6) is 2.81. The molecule has 0 atom stereocenters. The molecule has 7 heteroatoms. The van der Waals surface area contributed by atoms with Crippen molar-refractivity contribution >= 4 is 5.96 Å². The number of aryl methyl sites for hydroxylation is 1. The number of nitrogens with zero attached hydrogens (tertiary/aromatic N) is 4. The summed E-state index contributed by atoms with van der Waals surface area (Å²) in [5, 5.41) is 6.97. The van der Waals surface area contributed by atoms with Gasteiger partial charge in [0.2, 0.25) is 5.89 Å². The first-order valence-electron chi connectivity index (χ1n) is 7.55. The van der Waals surface area contributed by atoms with Gasteiger partial charge in [-0.2, -0.15) is 4.98 Å². The van der Waals surface area contributed by atoms with Gasteiger partial charge in [-0.05, 0) is 31.5 Å². The Balaban J connectivity index is 1.90. The van der Waals surface area contributed by atoms with Crippen LogP contribution in [0, 0.1) is 6.92 Å². The van der Waals surface area contributed by atoms with E-state index in [4.69, 9.17) is 9.26 Å². The fourth-order valence-corrected chi connectivity index (χ4v) is 2.16. The highest BCUT2D eigenvalue weighted by Crippen LogP contribution is 2.13. The number of hydrogen-bond donors (Lipinski definition) is 1. The SMILES string of the molecule is CCOc1ccc(CN(C)C(=NC)NCc2nc(C)no2)cc1. The Morgan fingerprint density at radius 3 is 2.65 bits per heavy atom. The highest BCUT2D eigenvalue weighted by Gasteiger charge is 2.09. The Morgan fingerprint density at radius 2 is 2.09 bits per heavy atom. The molecule has 23 heavy (non-hydrogen) atoms. The van der Waals surface area contributed by atoms with E-state index in [0.717, 1.165) is 18.3 Å². The third-order valence-electron chi connectivity index (χ3n) is 3.19. The summed E-state index contributed by atoms with van der Waals surface area (Å²) in [6, 6.07) is 8.06. The highest BCUT2D eigenvalue weighted by molar-refractivity contribution is 5.79. The molecule has 2 rings (SSSR count). The molecule has 0 radical (unpaired) electrons. The molecule has 0 spiro atoms. The summed E-state index contributed by atoms with van der Waals surface area (Å²) in [5.41, 5.74) is 1.17. The van der Waals surface area contributed by atoms with E-state index < -0.39 is 0 Å². The molecule has 1 aromatic heterocycles. The Morgan fingerprint density at radius 1 is 1.35 bits per heavy atom. The number of rotatable bonds is 6. The topological polar surface area (TPSA) is 75.8 Å². The van der Waals surface area contributed by atoms with Crippen molar-refractivity contribution in [1.82, 2.24) is 20.4 Å². The van der Waals surface area contributed by atoms with E-state index in [2.05, 4.69) is 32.6 Å². The van der Waals surface area contributed by atoms with Gasteiger partial charge in [0, 0.05) is 20.6 Å². The zero-order valence-corrected chi connectivity index (χ0v) is 14.0. The van der Waals surface area contributed by atoms with Gasteiger partial charge < -0.3 is 19.5 Å². The maximum Gasteiger partial charge on any atom is 0.246 e. The second-order valence-electron chi connectivity index (χ2n) is 5.07. The summed E-state index contributed by atoms with van der Waals surface area (Å²) in [7, 11) is 3.72. The molecule has 1 heterocycles. The van der Waals surface area contributed by atoms with Crippen LogP contribution in [0.25, 0.3) is 0 Å². The van der Waals surface area contributed by atoms with Gasteiger partial charge in [0.15, 0.2) is 11.8 Å². The summed E-state index contributed by atoms with van der Waals surface area (Å²) in [6.45, 7) is 5.61. The van der Waals surface area contributed by atoms with Crippen LogP contribution in [0.4, 0.5) is 0 Å². The molecule has 0 saturated heterocycles. The van der Waals surface area contributed by atoms with E-state index in [1.165, 1.54) is 5.56 Å². The Bertz CT molecular complexity index is 636. The molecule has 7 nitrogen and oxygen atoms in total. The van der Waals surface area contributed by atoms with Crippen LogP contribution in [0.5, 0.6) is 5.75 Å². The molecule has 0 amide bonds. The van der Waals surface area contributed by atoms with Crippen LogP contribution in [0.2, 0.25) is 0 Å². The van der Waals surface area contributed by atoms with Gasteiger partial charge in [-0.3, -0.25) is 4.99 Å². The molecule has 0 bridgehead atoms. The Kier molecular flexibility index (Phi) is 5.96. The van der Waals surface area contributed by atoms with E-state index in [-0.39, 0.29) is 0 Å². The first kappa shape index (κ1) is 16.8. The number of nitrogens with one attached hydrogen (secondary N) is 1. The molecular weight excluding hydrogens is 294 g/mol. The van der Waals surface area contributed by atoms with E-state index in [9.17, 15) is 0 Å². The number of guanidine groups is 1. The van der Waals surface area contributed by atoms with Crippen LogP contribution in [0.3, 0.4) is 0 Å². The average molecular weight is 317 g/mol. The summed E-state index contributed by atoms with van der Waals surface area (Å²) >= 11 is 0. The zero-order chi connectivity index (χ0) is 16.7. The molecule has 1 N–H and O–H groups in total. The van der Waals surface area contributed by atoms with Crippen LogP contribution >= 0.6 is 0 Å². The van der Waals surface area contributed by atoms with Crippen LogP contribution < -0.4 is 10.1 Å². The number of ether oxygens (including phenoxy) is 1. The number of aromatic nitrogens is 2. The van der Waals surface area contributed by atoms with Crippen LogP contribution in [-0.4, -0.2) is 41.7 Å². The smallest absolute Gasteiger partial charge is 0.246 e. The first-order valence-corrected chi connectivity index (χ1v) is 7.55. The summed E-state index contributed by atoms with van der Waals surface area (Å²) in [6.07, 6.45) is 0. The monoisotopic (exact) mass is 317 g/mol. The van der Waals surface area contributed by atoms with Crippen molar-refractivity contribution in [2.45, 2.75) is 26.9 Å². The summed E-state index contributed by atoms with van der Waals surface area (Å²) < 4.78 is 10.5. The normalized spacial score (nSPS) is 11.4. The molecule has 124 valence electrons. The van der Waals surface area contributed by atoms with Gasteiger partial charge >= 0.3 is 0 Å². The molecule has 0 unspecified atom stereocenters. The van der Waals surface area contributed by atoms with Gasteiger partial charge in [-0.1, -0.05) is 17.3 Å². The third kappa shape index (κ3) is 4.98. The van der Waals surface area contributed by atoms with Crippen molar-refractivity contribution in [3.8, 4) is 5.75 Å². The van der Waals surface area contributed by atoms with Crippen molar-refractivity contribution in [1.29, 1.82) is 0 Å². The molecule has 0 saturated carbocycles. The lowest BCUT2D eigenvalue weighted by Crippen LogP contribution is -2.38. The predicted molar refractivity (Wildman–Crippen MR) is 88.3 cm³/mol. The van der Waals surface area contributed by atoms with Crippen molar-refractivity contribution in [2.75, 3.05) is 20.7 Å². The first-order chi connectivity index (χ1) is 11.1. The second kappa shape index (κ2) is 8.17. The van der Waals surface area contributed by atoms with Gasteiger partial charge in [0.25, 0.3) is 0 Å². The molecule has 0 aliphatic rings. The quantitative estimate of drug-likeness (QED) is 0.648. The second-order valence-corrected chi connectivity index (χ2v) is 5.07. The van der Waals surface area contributed by atoms with Crippen molar-refractivity contribution < 1.29 is 9.26 Å². The Labute approximate surface area is 136 Å². The molecule has 2 aromatic rings. The maximum absolute atomic E-state index is 5.45. The van der Waals surface area contributed by atoms with E-state index in [1.807, 2.05) is 31.0 Å². The third-order valence-corrected chi connectivity index (χ3v) is 3.19. The highest BCUT2D eigenvalue weighted by atomic mass is 16.5. The van der Waals surface area contributed by atoms with E-state index in [0.29, 0.717) is 24.9 Å². The number of aliphatic imine (C=N–C) groups is 1.